The van der Waals surface area contributed by atoms with Gasteiger partial charge in [-0.15, -0.1) is 0 Å². The van der Waals surface area contributed by atoms with Gasteiger partial charge in [-0.25, -0.2) is 0 Å². The van der Waals surface area contributed by atoms with E-state index in [2.05, 4.69) is 33.5 Å². The number of benzene rings is 2. The quantitative estimate of drug-likeness (QED) is 0.393. The minimum Gasteiger partial charge on any atom is -0.494 e. The lowest BCUT2D eigenvalue weighted by atomic mass is 10.1. The van der Waals surface area contributed by atoms with E-state index in [-0.39, 0.29) is 11.0 Å². The minimum atomic E-state index is -0.253. The zero-order valence-corrected chi connectivity index (χ0v) is 18.1. The molecule has 4 nitrogen and oxygen atoms in total. The number of carbonyl (C=O) groups is 1. The molecule has 0 fully saturated rings. The minimum absolute atomic E-state index is 0.247. The van der Waals surface area contributed by atoms with Crippen LogP contribution in [0.2, 0.25) is 0 Å². The van der Waals surface area contributed by atoms with Crippen LogP contribution in [0.1, 0.15) is 48.5 Å². The van der Waals surface area contributed by atoms with Gasteiger partial charge in [-0.05, 0) is 55.4 Å². The van der Waals surface area contributed by atoms with E-state index in [0.29, 0.717) is 12.2 Å². The van der Waals surface area contributed by atoms with Crippen LogP contribution in [0.25, 0.3) is 0 Å². The molecule has 144 valence electrons. The van der Waals surface area contributed by atoms with Crippen molar-refractivity contribution in [3.05, 3.63) is 58.1 Å². The molecular formula is C21H25BrN2O2S. The lowest BCUT2D eigenvalue weighted by Crippen LogP contribution is -2.34. The molecule has 0 radical (unpaired) electrons. The molecule has 2 aromatic rings. The van der Waals surface area contributed by atoms with E-state index < -0.39 is 0 Å². The first-order valence-electron chi connectivity index (χ1n) is 9.11. The fourth-order valence-corrected chi connectivity index (χ4v) is 3.04. The van der Waals surface area contributed by atoms with Gasteiger partial charge in [0.25, 0.3) is 5.91 Å². The summed E-state index contributed by atoms with van der Waals surface area (Å²) in [5, 5.41) is 5.97. The van der Waals surface area contributed by atoms with Gasteiger partial charge in [0.05, 0.1) is 6.61 Å². The Morgan fingerprint density at radius 3 is 2.70 bits per heavy atom. The maximum absolute atomic E-state index is 12.3. The Labute approximate surface area is 174 Å². The number of amides is 1. The van der Waals surface area contributed by atoms with E-state index in [1.54, 1.807) is 12.1 Å². The molecule has 2 rings (SSSR count). The summed E-state index contributed by atoms with van der Waals surface area (Å²) in [7, 11) is 0. The van der Waals surface area contributed by atoms with Gasteiger partial charge in [-0.3, -0.25) is 10.1 Å². The standard InChI is InChI=1S/C21H25BrN2O2S/c1-3-4-5-6-12-26-18-9-7-8-17(14-18)23-21(27)24-20(25)16-11-10-15(2)19(22)13-16/h7-11,13-14H,3-6,12H2,1-2H3,(H2,23,24,25,27). The highest BCUT2D eigenvalue weighted by molar-refractivity contribution is 9.10. The molecule has 27 heavy (non-hydrogen) atoms. The Hall–Kier alpha value is -1.92. The summed E-state index contributed by atoms with van der Waals surface area (Å²) < 4.78 is 6.66. The molecule has 0 spiro atoms. The van der Waals surface area contributed by atoms with E-state index in [4.69, 9.17) is 17.0 Å². The molecule has 0 bridgehead atoms. The number of thiocarbonyl (C=S) groups is 1. The van der Waals surface area contributed by atoms with Crippen molar-refractivity contribution in [3.63, 3.8) is 0 Å². The zero-order chi connectivity index (χ0) is 19.6. The van der Waals surface area contributed by atoms with Crippen LogP contribution in [-0.2, 0) is 0 Å². The molecule has 0 aliphatic rings. The molecule has 0 aromatic heterocycles. The number of carbonyl (C=O) groups excluding carboxylic acids is 1. The first kappa shape index (κ1) is 21.4. The SMILES string of the molecule is CCCCCCOc1cccc(NC(=S)NC(=O)c2ccc(C)c(Br)c2)c1. The summed E-state index contributed by atoms with van der Waals surface area (Å²) in [5.41, 5.74) is 2.39. The van der Waals surface area contributed by atoms with Crippen LogP contribution in [0.15, 0.2) is 46.9 Å². The van der Waals surface area contributed by atoms with Crippen molar-refractivity contribution < 1.29 is 9.53 Å². The van der Waals surface area contributed by atoms with Crippen molar-refractivity contribution in [2.75, 3.05) is 11.9 Å². The second-order valence-electron chi connectivity index (χ2n) is 6.31. The number of anilines is 1. The van der Waals surface area contributed by atoms with Gasteiger partial charge in [0.1, 0.15) is 5.75 Å². The molecule has 0 saturated carbocycles. The van der Waals surface area contributed by atoms with Crippen molar-refractivity contribution in [2.24, 2.45) is 0 Å². The monoisotopic (exact) mass is 448 g/mol. The largest absolute Gasteiger partial charge is 0.494 e. The Morgan fingerprint density at radius 1 is 1.15 bits per heavy atom. The topological polar surface area (TPSA) is 50.4 Å². The highest BCUT2D eigenvalue weighted by Crippen LogP contribution is 2.19. The number of hydrogen-bond acceptors (Lipinski definition) is 3. The average Bonchev–Trinajstić information content (AvgIpc) is 2.64. The Bertz CT molecular complexity index is 796. The predicted molar refractivity (Wildman–Crippen MR) is 119 cm³/mol. The molecule has 0 saturated heterocycles. The Morgan fingerprint density at radius 2 is 1.96 bits per heavy atom. The lowest BCUT2D eigenvalue weighted by Gasteiger charge is -2.12. The molecule has 2 aromatic carbocycles. The van der Waals surface area contributed by atoms with Crippen molar-refractivity contribution >= 4 is 44.9 Å². The molecule has 0 heterocycles. The number of unbranched alkanes of at least 4 members (excludes halogenated alkanes) is 3. The van der Waals surface area contributed by atoms with Gasteiger partial charge in [0.15, 0.2) is 5.11 Å². The molecule has 0 unspecified atom stereocenters. The smallest absolute Gasteiger partial charge is 0.257 e. The van der Waals surface area contributed by atoms with Gasteiger partial charge >= 0.3 is 0 Å². The maximum Gasteiger partial charge on any atom is 0.257 e. The zero-order valence-electron chi connectivity index (χ0n) is 15.7. The highest BCUT2D eigenvalue weighted by Gasteiger charge is 2.09. The maximum atomic E-state index is 12.3. The lowest BCUT2D eigenvalue weighted by molar-refractivity contribution is 0.0977. The fraction of sp³-hybridized carbons (Fsp3) is 0.333. The van der Waals surface area contributed by atoms with Crippen LogP contribution in [0.4, 0.5) is 5.69 Å². The first-order chi connectivity index (χ1) is 13.0. The number of hydrogen-bond donors (Lipinski definition) is 2. The van der Waals surface area contributed by atoms with Gasteiger partial charge in [-0.1, -0.05) is 54.2 Å². The van der Waals surface area contributed by atoms with Gasteiger partial charge in [-0.2, -0.15) is 0 Å². The van der Waals surface area contributed by atoms with Crippen molar-refractivity contribution in [3.8, 4) is 5.75 Å². The third-order valence-corrected chi connectivity index (χ3v) is 5.08. The molecule has 6 heteroatoms. The number of halogens is 1. The summed E-state index contributed by atoms with van der Waals surface area (Å²) in [5.74, 6) is 0.532. The number of rotatable bonds is 8. The van der Waals surface area contributed by atoms with E-state index in [1.807, 2.05) is 37.3 Å². The number of aryl methyl sites for hydroxylation is 1. The summed E-state index contributed by atoms with van der Waals surface area (Å²) in [6.07, 6.45) is 4.67. The van der Waals surface area contributed by atoms with Crippen molar-refractivity contribution in [1.82, 2.24) is 5.32 Å². The van der Waals surface area contributed by atoms with Crippen LogP contribution in [0.3, 0.4) is 0 Å². The second kappa shape index (κ2) is 11.0. The molecule has 1 amide bonds. The van der Waals surface area contributed by atoms with Crippen molar-refractivity contribution in [1.29, 1.82) is 0 Å². The highest BCUT2D eigenvalue weighted by atomic mass is 79.9. The van der Waals surface area contributed by atoms with Gasteiger partial charge in [0, 0.05) is 21.8 Å². The van der Waals surface area contributed by atoms with Crippen molar-refractivity contribution in [2.45, 2.75) is 39.5 Å². The summed E-state index contributed by atoms with van der Waals surface area (Å²) in [6.45, 7) is 4.86. The molecule has 2 N–H and O–H groups in total. The Balaban J connectivity index is 1.86. The third-order valence-electron chi connectivity index (χ3n) is 4.02. The van der Waals surface area contributed by atoms with Crippen LogP contribution < -0.4 is 15.4 Å². The summed E-state index contributed by atoms with van der Waals surface area (Å²) >= 11 is 8.69. The fourth-order valence-electron chi connectivity index (χ4n) is 2.45. The van der Waals surface area contributed by atoms with E-state index in [0.717, 1.165) is 27.9 Å². The third kappa shape index (κ3) is 7.31. The summed E-state index contributed by atoms with van der Waals surface area (Å²) in [6, 6.07) is 13.0. The van der Waals surface area contributed by atoms with Crippen LogP contribution in [0.5, 0.6) is 5.75 Å². The van der Waals surface area contributed by atoms with Gasteiger partial charge < -0.3 is 10.1 Å². The predicted octanol–water partition coefficient (Wildman–Crippen LogP) is 5.84. The molecule has 0 atom stereocenters. The number of nitrogens with one attached hydrogen (secondary N) is 2. The van der Waals surface area contributed by atoms with Gasteiger partial charge in [0.2, 0.25) is 0 Å². The van der Waals surface area contributed by atoms with Crippen LogP contribution in [0, 0.1) is 6.92 Å². The van der Waals surface area contributed by atoms with Crippen LogP contribution in [-0.4, -0.2) is 17.6 Å². The van der Waals surface area contributed by atoms with Crippen LogP contribution >= 0.6 is 28.1 Å². The second-order valence-corrected chi connectivity index (χ2v) is 7.57. The van der Waals surface area contributed by atoms with E-state index in [1.165, 1.54) is 19.3 Å². The average molecular weight is 449 g/mol. The molecule has 0 aliphatic heterocycles. The normalized spacial score (nSPS) is 10.3. The number of ether oxygens (including phenoxy) is 1. The van der Waals surface area contributed by atoms with E-state index in [9.17, 15) is 4.79 Å². The van der Waals surface area contributed by atoms with E-state index >= 15 is 0 Å². The molecule has 0 aliphatic carbocycles. The first-order valence-corrected chi connectivity index (χ1v) is 10.3. The molecular weight excluding hydrogens is 424 g/mol. The Kier molecular flexibility index (Phi) is 8.75. The summed E-state index contributed by atoms with van der Waals surface area (Å²) in [4.78, 5) is 12.3.